The summed E-state index contributed by atoms with van der Waals surface area (Å²) in [5, 5.41) is 13.7. The normalized spacial score (nSPS) is 19.3. The lowest BCUT2D eigenvalue weighted by molar-refractivity contribution is -0.192. The van der Waals surface area contributed by atoms with Crippen LogP contribution in [0.1, 0.15) is 52.5 Å². The molecule has 2 fully saturated rings. The first-order valence-electron chi connectivity index (χ1n) is 12.5. The highest BCUT2D eigenvalue weighted by molar-refractivity contribution is 5.97. The molecule has 2 aromatic rings. The van der Waals surface area contributed by atoms with Crippen LogP contribution in [0.3, 0.4) is 0 Å². The van der Waals surface area contributed by atoms with Gasteiger partial charge in [-0.05, 0) is 56.9 Å². The zero-order chi connectivity index (χ0) is 29.8. The van der Waals surface area contributed by atoms with Crippen molar-refractivity contribution in [2.75, 3.05) is 32.8 Å². The number of nitrogens with zero attached hydrogens (tertiary/aromatic N) is 3. The predicted octanol–water partition coefficient (Wildman–Crippen LogP) is 2.60. The summed E-state index contributed by atoms with van der Waals surface area (Å²) in [6.07, 6.45) is -2.86. The summed E-state index contributed by atoms with van der Waals surface area (Å²) in [4.78, 5) is 49.5. The van der Waals surface area contributed by atoms with Crippen LogP contribution in [0, 0.1) is 19.7 Å². The lowest BCUT2D eigenvalue weighted by Gasteiger charge is -2.38. The molecule has 4 rings (SSSR count). The number of aromatic amines is 1. The summed E-state index contributed by atoms with van der Waals surface area (Å²) in [6, 6.07) is 4.36. The molecule has 2 N–H and O–H groups in total. The van der Waals surface area contributed by atoms with E-state index < -0.39 is 23.9 Å². The zero-order valence-corrected chi connectivity index (χ0v) is 22.2. The maximum Gasteiger partial charge on any atom is 0.490 e. The van der Waals surface area contributed by atoms with Gasteiger partial charge in [-0.3, -0.25) is 14.4 Å². The molecule has 14 heteroatoms. The van der Waals surface area contributed by atoms with Crippen LogP contribution in [0.5, 0.6) is 0 Å². The number of benzene rings is 1. The highest BCUT2D eigenvalue weighted by atomic mass is 19.4. The fraction of sp³-hybridized carbons (Fsp3) is 0.500. The Morgan fingerprint density at radius 2 is 1.85 bits per heavy atom. The molecule has 2 amide bonds. The number of aromatic nitrogens is 2. The summed E-state index contributed by atoms with van der Waals surface area (Å²) >= 11 is 0. The number of carbonyl (C=O) groups excluding carboxylic acids is 2. The van der Waals surface area contributed by atoms with Gasteiger partial charge in [-0.15, -0.1) is 0 Å². The van der Waals surface area contributed by atoms with Crippen molar-refractivity contribution < 1.29 is 41.8 Å². The van der Waals surface area contributed by atoms with Gasteiger partial charge < -0.3 is 19.6 Å². The molecule has 1 unspecified atom stereocenters. The van der Waals surface area contributed by atoms with E-state index in [4.69, 9.17) is 14.6 Å². The van der Waals surface area contributed by atoms with Crippen LogP contribution in [-0.2, 0) is 20.7 Å². The number of alkyl halides is 3. The maximum absolute atomic E-state index is 14.6. The minimum atomic E-state index is -5.08. The lowest BCUT2D eigenvalue weighted by Crippen LogP contribution is -2.55. The van der Waals surface area contributed by atoms with E-state index >= 15 is 0 Å². The predicted molar refractivity (Wildman–Crippen MR) is 133 cm³/mol. The number of piperazine rings is 1. The number of hydrogen-bond donors (Lipinski definition) is 2. The summed E-state index contributed by atoms with van der Waals surface area (Å²) < 4.78 is 52.1. The van der Waals surface area contributed by atoms with Gasteiger partial charge in [0.2, 0.25) is 5.91 Å². The van der Waals surface area contributed by atoms with Gasteiger partial charge in [0.15, 0.2) is 0 Å². The van der Waals surface area contributed by atoms with Gasteiger partial charge in [-0.25, -0.2) is 14.3 Å². The van der Waals surface area contributed by atoms with Gasteiger partial charge in [0.05, 0.1) is 16.9 Å². The summed E-state index contributed by atoms with van der Waals surface area (Å²) in [5.41, 5.74) is 2.03. The molecule has 0 spiro atoms. The molecule has 2 aliphatic heterocycles. The van der Waals surface area contributed by atoms with Crippen LogP contribution in [0.4, 0.5) is 17.6 Å². The number of hydrogen-bond acceptors (Lipinski definition) is 6. The number of H-pyrrole nitrogens is 1. The summed E-state index contributed by atoms with van der Waals surface area (Å²) in [5.74, 6) is -4.06. The number of carbonyl (C=O) groups is 3. The molecule has 0 saturated carbocycles. The van der Waals surface area contributed by atoms with Crippen molar-refractivity contribution in [3.8, 4) is 0 Å². The Kier molecular flexibility index (Phi) is 9.33. The van der Waals surface area contributed by atoms with Crippen LogP contribution in [0.15, 0.2) is 23.0 Å². The summed E-state index contributed by atoms with van der Waals surface area (Å²) in [7, 11) is 0. The van der Waals surface area contributed by atoms with Crippen molar-refractivity contribution in [1.82, 2.24) is 20.0 Å². The third-order valence-corrected chi connectivity index (χ3v) is 6.94. The van der Waals surface area contributed by atoms with Crippen LogP contribution < -0.4 is 5.56 Å². The van der Waals surface area contributed by atoms with Crippen LogP contribution >= 0.6 is 0 Å². The first-order valence-corrected chi connectivity index (χ1v) is 12.5. The van der Waals surface area contributed by atoms with E-state index in [1.165, 1.54) is 17.0 Å². The Hall–Kier alpha value is -3.81. The van der Waals surface area contributed by atoms with Gasteiger partial charge in [-0.1, -0.05) is 6.07 Å². The van der Waals surface area contributed by atoms with Crippen LogP contribution in [-0.4, -0.2) is 87.5 Å². The smallest absolute Gasteiger partial charge is 0.475 e. The third-order valence-electron chi connectivity index (χ3n) is 6.94. The van der Waals surface area contributed by atoms with Crippen LogP contribution in [0.25, 0.3) is 0 Å². The van der Waals surface area contributed by atoms with E-state index in [9.17, 15) is 31.9 Å². The number of ether oxygens (including phenoxy) is 1. The van der Waals surface area contributed by atoms with Gasteiger partial charge in [0.1, 0.15) is 12.4 Å². The molecule has 3 heterocycles. The van der Waals surface area contributed by atoms with Crippen LogP contribution in [0.2, 0.25) is 0 Å². The molecule has 0 aliphatic carbocycles. The highest BCUT2D eigenvalue weighted by Crippen LogP contribution is 2.27. The standard InChI is InChI=1S/C24H29FN4O4.C2HF3O2/c1-15-16(2)22(31)27-26-20(15)12-17-5-6-19(25)18(11-17)23(32)28-8-9-29(21(30)13-28)14-24(3)7-4-10-33-24;3-2(4,5)1(6)7/h5-6,11H,4,7-10,12-14H2,1-3H3,(H,27,31);(H,6,7). The molecule has 0 radical (unpaired) electrons. The molecule has 0 bridgehead atoms. The van der Waals surface area contributed by atoms with Crippen molar-refractivity contribution >= 4 is 17.8 Å². The number of aliphatic carboxylic acids is 1. The lowest BCUT2D eigenvalue weighted by atomic mass is 10.0. The minimum Gasteiger partial charge on any atom is -0.475 e. The second-order valence-corrected chi connectivity index (χ2v) is 9.99. The van der Waals surface area contributed by atoms with Gasteiger partial charge in [0.25, 0.3) is 11.5 Å². The highest BCUT2D eigenvalue weighted by Gasteiger charge is 2.38. The largest absolute Gasteiger partial charge is 0.490 e. The maximum atomic E-state index is 14.6. The fourth-order valence-electron chi connectivity index (χ4n) is 4.47. The average Bonchev–Trinajstić information content (AvgIpc) is 3.32. The van der Waals surface area contributed by atoms with E-state index in [2.05, 4.69) is 10.2 Å². The minimum absolute atomic E-state index is 0.0707. The van der Waals surface area contributed by atoms with Crippen molar-refractivity contribution in [3.63, 3.8) is 0 Å². The van der Waals surface area contributed by atoms with Crippen molar-refractivity contribution in [2.45, 2.75) is 51.8 Å². The number of rotatable bonds is 5. The number of carboxylic acid groups (broad SMARTS) is 1. The van der Waals surface area contributed by atoms with Crippen molar-refractivity contribution in [3.05, 3.63) is 62.3 Å². The average molecular weight is 571 g/mol. The van der Waals surface area contributed by atoms with Crippen molar-refractivity contribution in [1.29, 1.82) is 0 Å². The first-order chi connectivity index (χ1) is 18.6. The van der Waals surface area contributed by atoms with Gasteiger partial charge >= 0.3 is 12.1 Å². The zero-order valence-electron chi connectivity index (χ0n) is 22.2. The van der Waals surface area contributed by atoms with Gasteiger partial charge in [0, 0.05) is 38.2 Å². The Morgan fingerprint density at radius 3 is 2.42 bits per heavy atom. The second kappa shape index (κ2) is 12.1. The molecular weight excluding hydrogens is 540 g/mol. The molecule has 1 atom stereocenters. The quantitative estimate of drug-likeness (QED) is 0.528. The molecular formula is C26H30F4N4O6. The molecule has 2 saturated heterocycles. The molecule has 218 valence electrons. The monoisotopic (exact) mass is 570 g/mol. The fourth-order valence-corrected chi connectivity index (χ4v) is 4.47. The van der Waals surface area contributed by atoms with Gasteiger partial charge in [-0.2, -0.15) is 18.3 Å². The van der Waals surface area contributed by atoms with Crippen molar-refractivity contribution in [2.24, 2.45) is 0 Å². The number of halogens is 4. The number of nitrogens with one attached hydrogen (secondary N) is 1. The number of carboxylic acids is 1. The molecule has 2 aliphatic rings. The second-order valence-electron chi connectivity index (χ2n) is 9.99. The Labute approximate surface area is 226 Å². The molecule has 1 aromatic carbocycles. The summed E-state index contributed by atoms with van der Waals surface area (Å²) in [6.45, 7) is 7.38. The topological polar surface area (TPSA) is 133 Å². The molecule has 10 nitrogen and oxygen atoms in total. The Balaban J connectivity index is 0.000000559. The van der Waals surface area contributed by atoms with E-state index in [1.54, 1.807) is 17.9 Å². The Bertz CT molecular complexity index is 1340. The number of amides is 2. The van der Waals surface area contributed by atoms with E-state index in [0.29, 0.717) is 49.5 Å². The van der Waals surface area contributed by atoms with E-state index in [0.717, 1.165) is 18.4 Å². The third kappa shape index (κ3) is 7.43. The van der Waals surface area contributed by atoms with E-state index in [1.807, 2.05) is 13.8 Å². The molecule has 40 heavy (non-hydrogen) atoms. The molecule has 1 aromatic heterocycles. The Morgan fingerprint density at radius 1 is 1.18 bits per heavy atom. The first kappa shape index (κ1) is 30.7. The van der Waals surface area contributed by atoms with E-state index in [-0.39, 0.29) is 29.2 Å². The SMILES string of the molecule is Cc1c(Cc2ccc(F)c(C(=O)N3CCN(CC4(C)CCCO4)C(=O)C3)c2)n[nH]c(=O)c1C.O=C(O)C(F)(F)F.